The van der Waals surface area contributed by atoms with Crippen LogP contribution in [0, 0.1) is 0 Å². The van der Waals surface area contributed by atoms with Gasteiger partial charge in [0.2, 0.25) is 10.0 Å². The third-order valence-electron chi connectivity index (χ3n) is 4.41. The maximum atomic E-state index is 12.5. The highest BCUT2D eigenvalue weighted by Crippen LogP contribution is 2.26. The van der Waals surface area contributed by atoms with Gasteiger partial charge in [-0.05, 0) is 38.3 Å². The van der Waals surface area contributed by atoms with E-state index in [2.05, 4.69) is 10.9 Å². The summed E-state index contributed by atoms with van der Waals surface area (Å²) in [6.07, 6.45) is 2.36. The van der Waals surface area contributed by atoms with Crippen molar-refractivity contribution in [2.45, 2.75) is 45.6 Å². The van der Waals surface area contributed by atoms with E-state index in [0.29, 0.717) is 43.9 Å². The van der Waals surface area contributed by atoms with Crippen molar-refractivity contribution in [2.24, 2.45) is 0 Å². The first-order valence-electron chi connectivity index (χ1n) is 9.81. The molecule has 0 radical (unpaired) electrons. The number of sulfonamides is 1. The Morgan fingerprint density at radius 1 is 1.10 bits per heavy atom. The number of hydrogen-bond acceptors (Lipinski definition) is 6. The van der Waals surface area contributed by atoms with Crippen LogP contribution in [0.15, 0.2) is 24.3 Å². The molecule has 1 aliphatic heterocycles. The van der Waals surface area contributed by atoms with Crippen LogP contribution in [-0.2, 0) is 19.6 Å². The highest BCUT2D eigenvalue weighted by Gasteiger charge is 2.36. The Morgan fingerprint density at radius 3 is 2.45 bits per heavy atom. The van der Waals surface area contributed by atoms with Crippen molar-refractivity contribution in [3.8, 4) is 11.5 Å². The van der Waals surface area contributed by atoms with Crippen molar-refractivity contribution >= 4 is 21.8 Å². The van der Waals surface area contributed by atoms with Crippen LogP contribution in [0.4, 0.5) is 0 Å². The second kappa shape index (κ2) is 11.0. The minimum absolute atomic E-state index is 0.00375. The van der Waals surface area contributed by atoms with Crippen molar-refractivity contribution in [2.75, 3.05) is 25.5 Å². The van der Waals surface area contributed by atoms with E-state index < -0.39 is 27.9 Å². The summed E-state index contributed by atoms with van der Waals surface area (Å²) >= 11 is 0. The summed E-state index contributed by atoms with van der Waals surface area (Å²) in [6, 6.07) is 6.13. The summed E-state index contributed by atoms with van der Waals surface area (Å²) in [7, 11) is -3.50. The van der Waals surface area contributed by atoms with Gasteiger partial charge in [0.25, 0.3) is 11.8 Å². The maximum Gasteiger partial charge on any atom is 0.276 e. The topological polar surface area (TPSA) is 114 Å². The number of carbonyl (C=O) groups excluding carboxylic acids is 2. The molecule has 2 N–H and O–H groups in total. The molecule has 0 bridgehead atoms. The van der Waals surface area contributed by atoms with E-state index in [0.717, 1.165) is 6.42 Å². The van der Waals surface area contributed by atoms with Gasteiger partial charge in [-0.1, -0.05) is 25.5 Å². The number of nitrogens with one attached hydrogen (secondary N) is 2. The predicted octanol–water partition coefficient (Wildman–Crippen LogP) is 1.21. The molecule has 1 fully saturated rings. The van der Waals surface area contributed by atoms with Crippen molar-refractivity contribution in [1.29, 1.82) is 0 Å². The van der Waals surface area contributed by atoms with Crippen molar-refractivity contribution < 1.29 is 27.5 Å². The van der Waals surface area contributed by atoms with Crippen LogP contribution in [0.1, 0.15) is 39.5 Å². The summed E-state index contributed by atoms with van der Waals surface area (Å²) in [5, 5.41) is 0. The number of benzene rings is 1. The van der Waals surface area contributed by atoms with Gasteiger partial charge in [0.05, 0.1) is 12.4 Å². The largest absolute Gasteiger partial charge is 0.490 e. The molecule has 2 rings (SSSR count). The number of para-hydroxylation sites is 2. The fraction of sp³-hybridized carbons (Fsp3) is 0.579. The van der Waals surface area contributed by atoms with Gasteiger partial charge >= 0.3 is 0 Å². The van der Waals surface area contributed by atoms with Gasteiger partial charge in [-0.2, -0.15) is 4.31 Å². The number of ether oxygens (including phenoxy) is 2. The Bertz CT molecular complexity index is 799. The number of amides is 2. The molecule has 10 heteroatoms. The lowest BCUT2D eigenvalue weighted by Gasteiger charge is -2.33. The highest BCUT2D eigenvalue weighted by molar-refractivity contribution is 7.89. The Hall–Kier alpha value is -2.33. The fourth-order valence-electron chi connectivity index (χ4n) is 3.11. The van der Waals surface area contributed by atoms with Gasteiger partial charge in [0.15, 0.2) is 18.1 Å². The average molecular weight is 428 g/mol. The van der Waals surface area contributed by atoms with Crippen LogP contribution in [0.3, 0.4) is 0 Å². The molecular formula is C19H29N3O6S. The first-order valence-corrected chi connectivity index (χ1v) is 11.4. The van der Waals surface area contributed by atoms with Crippen LogP contribution < -0.4 is 20.3 Å². The summed E-state index contributed by atoms with van der Waals surface area (Å²) in [5.74, 6) is -0.183. The SMILES string of the molecule is CCCS(=O)(=O)N1CCCCC1C(=O)NNC(=O)COc1ccccc1OCC. The lowest BCUT2D eigenvalue weighted by molar-refractivity contribution is -0.132. The molecule has 1 unspecified atom stereocenters. The van der Waals surface area contributed by atoms with E-state index in [-0.39, 0.29) is 12.4 Å². The number of rotatable bonds is 9. The van der Waals surface area contributed by atoms with Crippen LogP contribution in [0.5, 0.6) is 11.5 Å². The molecular weight excluding hydrogens is 398 g/mol. The lowest BCUT2D eigenvalue weighted by atomic mass is 10.0. The summed E-state index contributed by atoms with van der Waals surface area (Å²) in [6.45, 7) is 4.06. The van der Waals surface area contributed by atoms with E-state index in [1.165, 1.54) is 4.31 Å². The van der Waals surface area contributed by atoms with Gasteiger partial charge in [-0.25, -0.2) is 8.42 Å². The number of carbonyl (C=O) groups is 2. The number of hydrazine groups is 1. The zero-order chi connectivity index (χ0) is 21.3. The average Bonchev–Trinajstić information content (AvgIpc) is 2.71. The molecule has 29 heavy (non-hydrogen) atoms. The standard InChI is InChI=1S/C19H29N3O6S/c1-3-13-29(25,26)22-12-8-7-9-15(22)19(24)21-20-18(23)14-28-17-11-6-5-10-16(17)27-4-2/h5-6,10-11,15H,3-4,7-9,12-14H2,1-2H3,(H,20,23)(H,21,24). The minimum atomic E-state index is -3.50. The quantitative estimate of drug-likeness (QED) is 0.573. The second-order valence-electron chi connectivity index (χ2n) is 6.64. The summed E-state index contributed by atoms with van der Waals surface area (Å²) in [5.41, 5.74) is 4.60. The lowest BCUT2D eigenvalue weighted by Crippen LogP contribution is -2.56. The smallest absolute Gasteiger partial charge is 0.276 e. The molecule has 0 aromatic heterocycles. The Labute approximate surface area is 171 Å². The van der Waals surface area contributed by atoms with Crippen molar-refractivity contribution in [3.05, 3.63) is 24.3 Å². The van der Waals surface area contributed by atoms with Crippen LogP contribution in [0.25, 0.3) is 0 Å². The van der Waals surface area contributed by atoms with Crippen LogP contribution in [0.2, 0.25) is 0 Å². The Balaban J connectivity index is 1.88. The fourth-order valence-corrected chi connectivity index (χ4v) is 4.86. The number of hydrogen-bond donors (Lipinski definition) is 2. The summed E-state index contributed by atoms with van der Waals surface area (Å²) < 4.78 is 36.9. The minimum Gasteiger partial charge on any atom is -0.490 e. The van der Waals surface area contributed by atoms with Crippen molar-refractivity contribution in [3.63, 3.8) is 0 Å². The van der Waals surface area contributed by atoms with E-state index in [9.17, 15) is 18.0 Å². The van der Waals surface area contributed by atoms with E-state index in [1.807, 2.05) is 6.92 Å². The van der Waals surface area contributed by atoms with Gasteiger partial charge in [0.1, 0.15) is 6.04 Å². The Kier molecular flexibility index (Phi) is 8.71. The molecule has 1 aliphatic rings. The zero-order valence-corrected chi connectivity index (χ0v) is 17.7. The molecule has 1 atom stereocenters. The normalized spacial score (nSPS) is 17.4. The zero-order valence-electron chi connectivity index (χ0n) is 16.8. The molecule has 1 heterocycles. The van der Waals surface area contributed by atoms with Gasteiger partial charge < -0.3 is 9.47 Å². The number of nitrogens with zero attached hydrogens (tertiary/aromatic N) is 1. The first-order chi connectivity index (χ1) is 13.9. The third kappa shape index (κ3) is 6.60. The van der Waals surface area contributed by atoms with Gasteiger partial charge in [0, 0.05) is 6.54 Å². The van der Waals surface area contributed by atoms with Crippen LogP contribution in [-0.4, -0.2) is 56.1 Å². The van der Waals surface area contributed by atoms with E-state index in [4.69, 9.17) is 9.47 Å². The van der Waals surface area contributed by atoms with E-state index >= 15 is 0 Å². The molecule has 1 saturated heterocycles. The summed E-state index contributed by atoms with van der Waals surface area (Å²) in [4.78, 5) is 24.5. The molecule has 9 nitrogen and oxygen atoms in total. The second-order valence-corrected chi connectivity index (χ2v) is 8.69. The molecule has 162 valence electrons. The van der Waals surface area contributed by atoms with E-state index in [1.54, 1.807) is 31.2 Å². The van der Waals surface area contributed by atoms with Crippen molar-refractivity contribution in [1.82, 2.24) is 15.2 Å². The predicted molar refractivity (Wildman–Crippen MR) is 108 cm³/mol. The molecule has 1 aromatic carbocycles. The van der Waals surface area contributed by atoms with Gasteiger partial charge in [-0.3, -0.25) is 20.4 Å². The monoisotopic (exact) mass is 427 g/mol. The molecule has 1 aromatic rings. The molecule has 0 saturated carbocycles. The third-order valence-corrected chi connectivity index (χ3v) is 6.48. The van der Waals surface area contributed by atoms with Crippen LogP contribution >= 0.6 is 0 Å². The molecule has 2 amide bonds. The first kappa shape index (κ1) is 23.0. The Morgan fingerprint density at radius 2 is 1.79 bits per heavy atom. The van der Waals surface area contributed by atoms with Gasteiger partial charge in [-0.15, -0.1) is 0 Å². The molecule has 0 aliphatic carbocycles. The molecule has 0 spiro atoms. The highest BCUT2D eigenvalue weighted by atomic mass is 32.2. The number of piperidine rings is 1. The maximum absolute atomic E-state index is 12.5.